The van der Waals surface area contributed by atoms with Crippen LogP contribution in [0, 0.1) is 0 Å². The number of sulfone groups is 1. The highest BCUT2D eigenvalue weighted by Crippen LogP contribution is 2.20. The Morgan fingerprint density at radius 1 is 1.67 bits per heavy atom. The van der Waals surface area contributed by atoms with Gasteiger partial charge in [0.15, 0.2) is 0 Å². The molecule has 3 nitrogen and oxygen atoms in total. The molecule has 0 saturated heterocycles. The van der Waals surface area contributed by atoms with E-state index in [-0.39, 0.29) is 10.1 Å². The summed E-state index contributed by atoms with van der Waals surface area (Å²) in [5.41, 5.74) is 0. The minimum absolute atomic E-state index is 0.113. The zero-order chi connectivity index (χ0) is 9.19. The van der Waals surface area contributed by atoms with Gasteiger partial charge in [-0.05, 0) is 0 Å². The molecule has 1 aromatic heterocycles. The third-order valence-corrected chi connectivity index (χ3v) is 5.49. The Labute approximate surface area is 83.9 Å². The largest absolute Gasteiger partial charge is 0.233 e. The molecule has 0 unspecified atom stereocenters. The molecular weight excluding hydrogens is 262 g/mol. The van der Waals surface area contributed by atoms with Crippen LogP contribution in [-0.4, -0.2) is 19.2 Å². The van der Waals surface area contributed by atoms with Gasteiger partial charge in [0.1, 0.15) is 0 Å². The molecule has 0 N–H and O–H groups in total. The first-order valence-corrected chi connectivity index (χ1v) is 6.92. The van der Waals surface area contributed by atoms with E-state index in [0.717, 1.165) is 4.88 Å². The topological polar surface area (TPSA) is 47.0 Å². The van der Waals surface area contributed by atoms with Gasteiger partial charge in [-0.15, -0.1) is 11.3 Å². The molecule has 0 atom stereocenters. The van der Waals surface area contributed by atoms with Crippen LogP contribution in [0.5, 0.6) is 0 Å². The molecule has 1 rings (SSSR count). The van der Waals surface area contributed by atoms with Crippen molar-refractivity contribution in [3.8, 4) is 0 Å². The van der Waals surface area contributed by atoms with Crippen LogP contribution in [-0.2, 0) is 15.2 Å². The van der Waals surface area contributed by atoms with E-state index in [9.17, 15) is 8.42 Å². The van der Waals surface area contributed by atoms with Crippen molar-refractivity contribution in [3.05, 3.63) is 11.1 Å². The molecule has 0 amide bonds. The standard InChI is InChI=1S/C6H8BrNO2S2/c1-2-12(9,10)6-8-4-5(3-7)11-6/h4H,2-3H2,1H3. The van der Waals surface area contributed by atoms with E-state index in [1.807, 2.05) is 0 Å². The average Bonchev–Trinajstić information content (AvgIpc) is 2.52. The molecule has 0 radical (unpaired) electrons. The van der Waals surface area contributed by atoms with Crippen LogP contribution in [0.15, 0.2) is 10.5 Å². The van der Waals surface area contributed by atoms with Crippen molar-refractivity contribution < 1.29 is 8.42 Å². The van der Waals surface area contributed by atoms with E-state index in [1.165, 1.54) is 11.3 Å². The Morgan fingerprint density at radius 2 is 2.33 bits per heavy atom. The van der Waals surface area contributed by atoms with Crippen LogP contribution in [0.4, 0.5) is 0 Å². The highest BCUT2D eigenvalue weighted by atomic mass is 79.9. The van der Waals surface area contributed by atoms with Gasteiger partial charge in [-0.1, -0.05) is 22.9 Å². The lowest BCUT2D eigenvalue weighted by atomic mass is 10.7. The van der Waals surface area contributed by atoms with Crippen LogP contribution in [0.3, 0.4) is 0 Å². The number of hydrogen-bond acceptors (Lipinski definition) is 4. The minimum atomic E-state index is -3.10. The van der Waals surface area contributed by atoms with E-state index in [4.69, 9.17) is 0 Å². The van der Waals surface area contributed by atoms with Gasteiger partial charge in [0.2, 0.25) is 14.2 Å². The number of thiazole rings is 1. The zero-order valence-corrected chi connectivity index (χ0v) is 9.67. The number of rotatable bonds is 3. The van der Waals surface area contributed by atoms with Crippen molar-refractivity contribution in [1.29, 1.82) is 0 Å². The summed E-state index contributed by atoms with van der Waals surface area (Å²) >= 11 is 4.45. The van der Waals surface area contributed by atoms with E-state index in [1.54, 1.807) is 13.1 Å². The van der Waals surface area contributed by atoms with Crippen LogP contribution in [0.25, 0.3) is 0 Å². The van der Waals surface area contributed by atoms with E-state index in [2.05, 4.69) is 20.9 Å². The third kappa shape index (κ3) is 2.05. The van der Waals surface area contributed by atoms with Crippen LogP contribution in [0.1, 0.15) is 11.8 Å². The first-order chi connectivity index (χ1) is 5.60. The Kier molecular flexibility index (Phi) is 3.25. The van der Waals surface area contributed by atoms with Gasteiger partial charge in [-0.25, -0.2) is 13.4 Å². The molecule has 0 saturated carbocycles. The molecule has 12 heavy (non-hydrogen) atoms. The van der Waals surface area contributed by atoms with Crippen LogP contribution in [0.2, 0.25) is 0 Å². The monoisotopic (exact) mass is 269 g/mol. The van der Waals surface area contributed by atoms with Crippen LogP contribution < -0.4 is 0 Å². The summed E-state index contributed by atoms with van der Waals surface area (Å²) in [7, 11) is -3.10. The lowest BCUT2D eigenvalue weighted by Crippen LogP contribution is -2.02. The minimum Gasteiger partial charge on any atom is -0.233 e. The molecule has 0 bridgehead atoms. The molecule has 0 spiro atoms. The quantitative estimate of drug-likeness (QED) is 0.787. The average molecular weight is 270 g/mol. The van der Waals surface area contributed by atoms with Crippen molar-refractivity contribution in [2.75, 3.05) is 5.75 Å². The van der Waals surface area contributed by atoms with E-state index < -0.39 is 9.84 Å². The second-order valence-corrected chi connectivity index (χ2v) is 6.26. The number of hydrogen-bond donors (Lipinski definition) is 0. The Bertz CT molecular complexity index is 357. The molecule has 0 aliphatic heterocycles. The zero-order valence-electron chi connectivity index (χ0n) is 6.45. The van der Waals surface area contributed by atoms with Crippen LogP contribution >= 0.6 is 27.3 Å². The first-order valence-electron chi connectivity index (χ1n) is 3.33. The summed E-state index contributed by atoms with van der Waals surface area (Å²) in [5, 5.41) is 0.657. The predicted molar refractivity (Wildman–Crippen MR) is 52.5 cm³/mol. The van der Waals surface area contributed by atoms with E-state index in [0.29, 0.717) is 5.33 Å². The van der Waals surface area contributed by atoms with Crippen molar-refractivity contribution in [2.45, 2.75) is 16.6 Å². The highest BCUT2D eigenvalue weighted by Gasteiger charge is 2.15. The van der Waals surface area contributed by atoms with Gasteiger partial charge in [0.05, 0.1) is 5.75 Å². The fraction of sp³-hybridized carbons (Fsp3) is 0.500. The highest BCUT2D eigenvalue weighted by molar-refractivity contribution is 9.08. The number of halogens is 1. The Morgan fingerprint density at radius 3 is 2.75 bits per heavy atom. The van der Waals surface area contributed by atoms with Gasteiger partial charge in [0, 0.05) is 16.4 Å². The summed E-state index contributed by atoms with van der Waals surface area (Å²) in [6.07, 6.45) is 1.59. The Hall–Kier alpha value is 0.0600. The van der Waals surface area contributed by atoms with Gasteiger partial charge in [0.25, 0.3) is 0 Å². The molecule has 0 aromatic carbocycles. The summed E-state index contributed by atoms with van der Waals surface area (Å²) in [4.78, 5) is 4.76. The maximum absolute atomic E-state index is 11.3. The normalized spacial score (nSPS) is 11.8. The number of alkyl halides is 1. The predicted octanol–water partition coefficient (Wildman–Crippen LogP) is 1.83. The summed E-state index contributed by atoms with van der Waals surface area (Å²) in [6, 6.07) is 0. The first kappa shape index (κ1) is 10.1. The van der Waals surface area contributed by atoms with Gasteiger partial charge < -0.3 is 0 Å². The molecule has 0 aliphatic carbocycles. The second-order valence-electron chi connectivity index (χ2n) is 2.13. The lowest BCUT2D eigenvalue weighted by Gasteiger charge is -1.91. The van der Waals surface area contributed by atoms with Crippen molar-refractivity contribution in [3.63, 3.8) is 0 Å². The van der Waals surface area contributed by atoms with Gasteiger partial charge in [-0.2, -0.15) is 0 Å². The van der Waals surface area contributed by atoms with E-state index >= 15 is 0 Å². The summed E-state index contributed by atoms with van der Waals surface area (Å²) < 4.78 is 22.7. The molecule has 1 heterocycles. The number of aromatic nitrogens is 1. The maximum atomic E-state index is 11.3. The molecule has 6 heteroatoms. The molecule has 0 fully saturated rings. The Balaban J connectivity index is 3.05. The van der Waals surface area contributed by atoms with Gasteiger partial charge in [-0.3, -0.25) is 0 Å². The second kappa shape index (κ2) is 3.85. The van der Waals surface area contributed by atoms with Gasteiger partial charge >= 0.3 is 0 Å². The molecular formula is C6H8BrNO2S2. The lowest BCUT2D eigenvalue weighted by molar-refractivity contribution is 0.596. The third-order valence-electron chi connectivity index (χ3n) is 1.31. The molecule has 0 aliphatic rings. The van der Waals surface area contributed by atoms with Crippen molar-refractivity contribution in [2.24, 2.45) is 0 Å². The fourth-order valence-electron chi connectivity index (χ4n) is 0.619. The summed E-state index contributed by atoms with van der Waals surface area (Å²) in [6.45, 7) is 1.62. The van der Waals surface area contributed by atoms with Crippen molar-refractivity contribution >= 4 is 37.1 Å². The number of nitrogens with zero attached hydrogens (tertiary/aromatic N) is 1. The maximum Gasteiger partial charge on any atom is 0.209 e. The summed E-state index contributed by atoms with van der Waals surface area (Å²) in [5.74, 6) is 0.113. The van der Waals surface area contributed by atoms with Crippen molar-refractivity contribution in [1.82, 2.24) is 4.98 Å². The smallest absolute Gasteiger partial charge is 0.209 e. The SMILES string of the molecule is CCS(=O)(=O)c1ncc(CBr)s1. The fourth-order valence-corrected chi connectivity index (χ4v) is 3.24. The molecule has 1 aromatic rings. The molecule has 68 valence electrons.